The van der Waals surface area contributed by atoms with Crippen LogP contribution < -0.4 is 5.32 Å². The van der Waals surface area contributed by atoms with E-state index in [1.165, 1.54) is 0 Å². The van der Waals surface area contributed by atoms with E-state index in [0.717, 1.165) is 11.1 Å². The predicted octanol–water partition coefficient (Wildman–Crippen LogP) is 1.70. The molecule has 3 heteroatoms. The highest BCUT2D eigenvalue weighted by molar-refractivity contribution is 5.94. The van der Waals surface area contributed by atoms with Crippen LogP contribution in [0.2, 0.25) is 0 Å². The van der Waals surface area contributed by atoms with Gasteiger partial charge in [0.25, 0.3) is 5.91 Å². The quantitative estimate of drug-likeness (QED) is 0.737. The lowest BCUT2D eigenvalue weighted by Crippen LogP contribution is -2.24. The summed E-state index contributed by atoms with van der Waals surface area (Å²) >= 11 is 0. The van der Waals surface area contributed by atoms with Gasteiger partial charge in [0.05, 0.1) is 5.56 Å². The Bertz CT molecular complexity index is 358. The first-order chi connectivity index (χ1) is 6.59. The maximum absolute atomic E-state index is 11.5. The molecule has 0 aromatic carbocycles. The number of carbonyl (C=O) groups excluding carboxylic acids is 1. The van der Waals surface area contributed by atoms with Crippen molar-refractivity contribution >= 4 is 5.91 Å². The number of aromatic nitrogens is 1. The van der Waals surface area contributed by atoms with Gasteiger partial charge in [-0.2, -0.15) is 0 Å². The molecule has 0 radical (unpaired) electrons. The van der Waals surface area contributed by atoms with Crippen LogP contribution in [0.4, 0.5) is 0 Å². The molecule has 0 fully saturated rings. The number of carbonyl (C=O) groups is 1. The van der Waals surface area contributed by atoms with Crippen LogP contribution in [0.3, 0.4) is 0 Å². The van der Waals surface area contributed by atoms with Crippen molar-refractivity contribution in [3.05, 3.63) is 41.7 Å². The molecule has 1 rings (SSSR count). The third-order valence-corrected chi connectivity index (χ3v) is 1.69. The van der Waals surface area contributed by atoms with Crippen LogP contribution in [0.25, 0.3) is 0 Å². The number of aryl methyl sites for hydroxylation is 1. The molecule has 1 heterocycles. The van der Waals surface area contributed by atoms with E-state index in [1.807, 2.05) is 13.8 Å². The smallest absolute Gasteiger partial charge is 0.253 e. The average molecular weight is 190 g/mol. The number of hydrogen-bond acceptors (Lipinski definition) is 2. The Hall–Kier alpha value is -1.64. The Labute approximate surface area is 83.9 Å². The van der Waals surface area contributed by atoms with Crippen LogP contribution in [0, 0.1) is 6.92 Å². The van der Waals surface area contributed by atoms with Gasteiger partial charge < -0.3 is 5.32 Å². The maximum atomic E-state index is 11.5. The fourth-order valence-electron chi connectivity index (χ4n) is 1.01. The summed E-state index contributed by atoms with van der Waals surface area (Å²) in [6, 6.07) is 1.81. The molecular formula is C11H14N2O. The van der Waals surface area contributed by atoms with E-state index in [2.05, 4.69) is 16.9 Å². The first kappa shape index (κ1) is 10.4. The van der Waals surface area contributed by atoms with Gasteiger partial charge in [0, 0.05) is 18.9 Å². The highest BCUT2D eigenvalue weighted by Gasteiger charge is 2.04. The molecule has 3 nitrogen and oxygen atoms in total. The van der Waals surface area contributed by atoms with Gasteiger partial charge in [0.1, 0.15) is 0 Å². The number of rotatable bonds is 3. The summed E-state index contributed by atoms with van der Waals surface area (Å²) in [5.41, 5.74) is 2.50. The third-order valence-electron chi connectivity index (χ3n) is 1.69. The van der Waals surface area contributed by atoms with E-state index in [1.54, 1.807) is 18.5 Å². The van der Waals surface area contributed by atoms with Crippen molar-refractivity contribution in [2.45, 2.75) is 13.8 Å². The van der Waals surface area contributed by atoms with Crippen molar-refractivity contribution in [1.82, 2.24) is 10.3 Å². The lowest BCUT2D eigenvalue weighted by molar-refractivity contribution is 0.0956. The van der Waals surface area contributed by atoms with Crippen molar-refractivity contribution in [1.29, 1.82) is 0 Å². The largest absolute Gasteiger partial charge is 0.348 e. The monoisotopic (exact) mass is 190 g/mol. The van der Waals surface area contributed by atoms with Crippen LogP contribution in [-0.2, 0) is 0 Å². The average Bonchev–Trinajstić information content (AvgIpc) is 2.14. The zero-order valence-corrected chi connectivity index (χ0v) is 8.50. The minimum Gasteiger partial charge on any atom is -0.348 e. The molecule has 1 N–H and O–H groups in total. The van der Waals surface area contributed by atoms with Crippen LogP contribution in [0.15, 0.2) is 30.6 Å². The molecule has 0 spiro atoms. The summed E-state index contributed by atoms with van der Waals surface area (Å²) in [7, 11) is 0. The molecule has 0 aliphatic heterocycles. The minimum atomic E-state index is -0.107. The summed E-state index contributed by atoms with van der Waals surface area (Å²) in [6.07, 6.45) is 3.27. The fourth-order valence-corrected chi connectivity index (χ4v) is 1.01. The minimum absolute atomic E-state index is 0.107. The molecule has 0 saturated heterocycles. The Morgan fingerprint density at radius 2 is 2.29 bits per heavy atom. The molecule has 14 heavy (non-hydrogen) atoms. The number of amides is 1. The number of nitrogens with zero attached hydrogens (tertiary/aromatic N) is 1. The maximum Gasteiger partial charge on any atom is 0.253 e. The zero-order chi connectivity index (χ0) is 10.6. The van der Waals surface area contributed by atoms with Crippen molar-refractivity contribution in [2.75, 3.05) is 6.54 Å². The Morgan fingerprint density at radius 1 is 1.57 bits per heavy atom. The summed E-state index contributed by atoms with van der Waals surface area (Å²) in [6.45, 7) is 7.99. The number of nitrogens with one attached hydrogen (secondary N) is 1. The van der Waals surface area contributed by atoms with E-state index in [4.69, 9.17) is 0 Å². The van der Waals surface area contributed by atoms with Gasteiger partial charge in [0.2, 0.25) is 0 Å². The number of hydrogen-bond donors (Lipinski definition) is 1. The topological polar surface area (TPSA) is 42.0 Å². The molecule has 0 saturated carbocycles. The van der Waals surface area contributed by atoms with Crippen LogP contribution in [0.5, 0.6) is 0 Å². The van der Waals surface area contributed by atoms with Gasteiger partial charge in [-0.05, 0) is 25.5 Å². The second-order valence-electron chi connectivity index (χ2n) is 3.39. The lowest BCUT2D eigenvalue weighted by atomic mass is 10.2. The van der Waals surface area contributed by atoms with Crippen molar-refractivity contribution in [3.63, 3.8) is 0 Å². The van der Waals surface area contributed by atoms with Crippen molar-refractivity contribution in [2.24, 2.45) is 0 Å². The highest BCUT2D eigenvalue weighted by atomic mass is 16.1. The molecule has 0 bridgehead atoms. The van der Waals surface area contributed by atoms with Crippen molar-refractivity contribution < 1.29 is 4.79 Å². The molecule has 0 aliphatic carbocycles. The first-order valence-corrected chi connectivity index (χ1v) is 4.44. The van der Waals surface area contributed by atoms with Gasteiger partial charge in [0.15, 0.2) is 0 Å². The van der Waals surface area contributed by atoms with Gasteiger partial charge in [-0.3, -0.25) is 9.78 Å². The molecular weight excluding hydrogens is 176 g/mol. The van der Waals surface area contributed by atoms with Crippen molar-refractivity contribution in [3.8, 4) is 0 Å². The van der Waals surface area contributed by atoms with Crippen LogP contribution in [-0.4, -0.2) is 17.4 Å². The molecule has 1 aromatic heterocycles. The third kappa shape index (κ3) is 3.01. The summed E-state index contributed by atoms with van der Waals surface area (Å²) in [5.74, 6) is -0.107. The summed E-state index contributed by atoms with van der Waals surface area (Å²) < 4.78 is 0. The molecule has 0 aliphatic rings. The van der Waals surface area contributed by atoms with Gasteiger partial charge >= 0.3 is 0 Å². The lowest BCUT2D eigenvalue weighted by Gasteiger charge is -2.04. The first-order valence-electron chi connectivity index (χ1n) is 4.44. The number of pyridine rings is 1. The summed E-state index contributed by atoms with van der Waals surface area (Å²) in [4.78, 5) is 15.5. The van der Waals surface area contributed by atoms with Gasteiger partial charge in [-0.15, -0.1) is 0 Å². The SMILES string of the molecule is C=C(C)CNC(=O)c1cncc(C)c1. The standard InChI is InChI=1S/C11H14N2O/c1-8(2)5-13-11(14)10-4-9(3)6-12-7-10/h4,6-7H,1,5H2,2-3H3,(H,13,14). The van der Waals surface area contributed by atoms with Gasteiger partial charge in [-0.25, -0.2) is 0 Å². The molecule has 0 unspecified atom stereocenters. The predicted molar refractivity (Wildman–Crippen MR) is 56.1 cm³/mol. The van der Waals surface area contributed by atoms with E-state index in [0.29, 0.717) is 12.1 Å². The Morgan fingerprint density at radius 3 is 2.86 bits per heavy atom. The highest BCUT2D eigenvalue weighted by Crippen LogP contribution is 2.00. The Balaban J connectivity index is 2.65. The molecule has 74 valence electrons. The van der Waals surface area contributed by atoms with Crippen LogP contribution >= 0.6 is 0 Å². The molecule has 1 aromatic rings. The van der Waals surface area contributed by atoms with E-state index >= 15 is 0 Å². The second kappa shape index (κ2) is 4.56. The fraction of sp³-hybridized carbons (Fsp3) is 0.273. The van der Waals surface area contributed by atoms with Crippen LogP contribution in [0.1, 0.15) is 22.8 Å². The van der Waals surface area contributed by atoms with Gasteiger partial charge in [-0.1, -0.05) is 12.2 Å². The Kier molecular flexibility index (Phi) is 3.40. The van der Waals surface area contributed by atoms with E-state index < -0.39 is 0 Å². The molecule has 1 amide bonds. The zero-order valence-electron chi connectivity index (χ0n) is 8.50. The van der Waals surface area contributed by atoms with E-state index in [-0.39, 0.29) is 5.91 Å². The van der Waals surface area contributed by atoms with E-state index in [9.17, 15) is 4.79 Å². The normalized spacial score (nSPS) is 9.57. The molecule has 0 atom stereocenters. The summed E-state index contributed by atoms with van der Waals surface area (Å²) in [5, 5.41) is 2.75. The second-order valence-corrected chi connectivity index (χ2v) is 3.39.